The summed E-state index contributed by atoms with van der Waals surface area (Å²) in [6.07, 6.45) is 0.454. The minimum absolute atomic E-state index is 0.146. The molecule has 1 N–H and O–H groups in total. The maximum atomic E-state index is 12.8. The number of nitrogens with zero attached hydrogens (tertiary/aromatic N) is 2. The molecule has 122 valence electrons. The maximum absolute atomic E-state index is 12.8. The van der Waals surface area contributed by atoms with Crippen LogP contribution in [0.3, 0.4) is 0 Å². The van der Waals surface area contributed by atoms with Crippen LogP contribution in [0.4, 0.5) is 5.82 Å². The summed E-state index contributed by atoms with van der Waals surface area (Å²) < 4.78 is 6.26. The smallest absolute Gasteiger partial charge is 0.329 e. The van der Waals surface area contributed by atoms with Crippen molar-refractivity contribution in [3.63, 3.8) is 0 Å². The van der Waals surface area contributed by atoms with E-state index in [1.165, 1.54) is 11.7 Å². The third kappa shape index (κ3) is 2.84. The fraction of sp³-hybridized carbons (Fsp3) is 0.667. The molecule has 1 aliphatic heterocycles. The molecule has 0 spiro atoms. The normalized spacial score (nSPS) is 19.7. The first kappa shape index (κ1) is 16.8. The van der Waals surface area contributed by atoms with E-state index in [0.29, 0.717) is 12.1 Å². The molecular weight excluding hydrogens is 306 g/mol. The van der Waals surface area contributed by atoms with E-state index in [4.69, 9.17) is 16.3 Å². The number of aromatic nitrogens is 2. The van der Waals surface area contributed by atoms with Gasteiger partial charge in [-0.1, -0.05) is 25.4 Å². The molecule has 6 nitrogen and oxygen atoms in total. The molecule has 0 aromatic carbocycles. The summed E-state index contributed by atoms with van der Waals surface area (Å²) in [7, 11) is 1.31. The highest BCUT2D eigenvalue weighted by atomic mass is 35.5. The number of rotatable bonds is 2. The third-order valence-electron chi connectivity index (χ3n) is 3.69. The van der Waals surface area contributed by atoms with E-state index in [0.717, 1.165) is 0 Å². The van der Waals surface area contributed by atoms with Gasteiger partial charge in [-0.2, -0.15) is 0 Å². The molecule has 0 saturated heterocycles. The van der Waals surface area contributed by atoms with Gasteiger partial charge in [-0.05, 0) is 27.2 Å². The van der Waals surface area contributed by atoms with Crippen molar-refractivity contribution in [3.05, 3.63) is 21.2 Å². The number of hydrogen-bond acceptors (Lipinski definition) is 5. The number of anilines is 1. The Morgan fingerprint density at radius 3 is 2.55 bits per heavy atom. The predicted molar refractivity (Wildman–Crippen MR) is 85.6 cm³/mol. The standard InChI is InChI=1S/C15H22ClN3O3/c1-14(2,3)18-11-12(20)19-8(13(21)22-6)7-15(4,5)9(19)10(16)17-11/h8H,7H2,1-6H3,(H,17,18)/t8-/m0/s1. The number of carbonyl (C=O) groups excluding carboxylic acids is 1. The van der Waals surface area contributed by atoms with Crippen LogP contribution in [0.5, 0.6) is 0 Å². The number of nitrogens with one attached hydrogen (secondary N) is 1. The van der Waals surface area contributed by atoms with Gasteiger partial charge in [0.2, 0.25) is 0 Å². The third-order valence-corrected chi connectivity index (χ3v) is 3.95. The average molecular weight is 328 g/mol. The molecule has 0 unspecified atom stereocenters. The molecule has 2 rings (SSSR count). The highest BCUT2D eigenvalue weighted by Crippen LogP contribution is 2.43. The first-order valence-electron chi connectivity index (χ1n) is 7.16. The van der Waals surface area contributed by atoms with Gasteiger partial charge in [0.15, 0.2) is 11.0 Å². The molecule has 0 bridgehead atoms. The van der Waals surface area contributed by atoms with Crippen LogP contribution in [0.25, 0.3) is 0 Å². The molecule has 2 heterocycles. The van der Waals surface area contributed by atoms with Gasteiger partial charge >= 0.3 is 5.97 Å². The van der Waals surface area contributed by atoms with Crippen LogP contribution in [-0.4, -0.2) is 28.2 Å². The summed E-state index contributed by atoms with van der Waals surface area (Å²) in [6, 6.07) is -0.677. The van der Waals surface area contributed by atoms with E-state index >= 15 is 0 Å². The molecule has 0 radical (unpaired) electrons. The molecular formula is C15H22ClN3O3. The average Bonchev–Trinajstić information content (AvgIpc) is 2.65. The van der Waals surface area contributed by atoms with Crippen molar-refractivity contribution in [2.75, 3.05) is 12.4 Å². The number of carbonyl (C=O) groups is 1. The molecule has 22 heavy (non-hydrogen) atoms. The van der Waals surface area contributed by atoms with E-state index in [9.17, 15) is 9.59 Å². The van der Waals surface area contributed by atoms with Crippen LogP contribution in [0.2, 0.25) is 5.15 Å². The first-order valence-corrected chi connectivity index (χ1v) is 7.54. The number of esters is 1. The van der Waals surface area contributed by atoms with Crippen molar-refractivity contribution in [1.82, 2.24) is 9.55 Å². The van der Waals surface area contributed by atoms with E-state index in [2.05, 4.69) is 10.3 Å². The molecule has 1 atom stereocenters. The van der Waals surface area contributed by atoms with E-state index in [1.807, 2.05) is 34.6 Å². The van der Waals surface area contributed by atoms with Gasteiger partial charge in [0.05, 0.1) is 12.8 Å². The number of fused-ring (bicyclic) bond motifs is 1. The minimum Gasteiger partial charge on any atom is -0.467 e. The molecule has 0 aliphatic carbocycles. The van der Waals surface area contributed by atoms with Gasteiger partial charge in [-0.15, -0.1) is 0 Å². The van der Waals surface area contributed by atoms with Gasteiger partial charge in [0.1, 0.15) is 6.04 Å². The predicted octanol–water partition coefficient (Wildman–Crippen LogP) is 2.50. The van der Waals surface area contributed by atoms with Gasteiger partial charge in [0.25, 0.3) is 5.56 Å². The van der Waals surface area contributed by atoms with Crippen LogP contribution in [-0.2, 0) is 14.9 Å². The zero-order chi connectivity index (χ0) is 16.9. The number of halogens is 1. The summed E-state index contributed by atoms with van der Waals surface area (Å²) in [5.74, 6) is -0.300. The summed E-state index contributed by atoms with van der Waals surface area (Å²) >= 11 is 6.31. The van der Waals surface area contributed by atoms with Gasteiger partial charge in [-0.25, -0.2) is 9.78 Å². The second-order valence-corrected chi connectivity index (χ2v) is 7.63. The summed E-state index contributed by atoms with van der Waals surface area (Å²) in [6.45, 7) is 9.63. The number of hydrogen-bond donors (Lipinski definition) is 1. The second kappa shape index (κ2) is 5.26. The summed E-state index contributed by atoms with van der Waals surface area (Å²) in [5.41, 5.74) is -0.550. The van der Waals surface area contributed by atoms with Crippen LogP contribution in [0.15, 0.2) is 4.79 Å². The molecule has 0 fully saturated rings. The zero-order valence-electron chi connectivity index (χ0n) is 13.8. The fourth-order valence-corrected chi connectivity index (χ4v) is 3.28. The Balaban J connectivity index is 2.69. The Labute approximate surface area is 134 Å². The lowest BCUT2D eigenvalue weighted by atomic mass is 9.87. The zero-order valence-corrected chi connectivity index (χ0v) is 14.5. The molecule has 0 saturated carbocycles. The van der Waals surface area contributed by atoms with Crippen molar-refractivity contribution in [2.24, 2.45) is 0 Å². The Bertz CT molecular complexity index is 674. The number of methoxy groups -OCH3 is 1. The van der Waals surface area contributed by atoms with Gasteiger partial charge in [-0.3, -0.25) is 9.36 Å². The van der Waals surface area contributed by atoms with Crippen molar-refractivity contribution < 1.29 is 9.53 Å². The fourth-order valence-electron chi connectivity index (χ4n) is 2.85. The van der Waals surface area contributed by atoms with Crippen molar-refractivity contribution in [1.29, 1.82) is 0 Å². The van der Waals surface area contributed by atoms with E-state index < -0.39 is 17.4 Å². The largest absolute Gasteiger partial charge is 0.467 e. The highest BCUT2D eigenvalue weighted by Gasteiger charge is 2.44. The van der Waals surface area contributed by atoms with Gasteiger partial charge < -0.3 is 10.1 Å². The quantitative estimate of drug-likeness (QED) is 0.845. The number of ether oxygens (including phenoxy) is 1. The Morgan fingerprint density at radius 2 is 2.05 bits per heavy atom. The molecule has 1 aliphatic rings. The van der Waals surface area contributed by atoms with Crippen molar-refractivity contribution in [3.8, 4) is 0 Å². The topological polar surface area (TPSA) is 73.2 Å². The van der Waals surface area contributed by atoms with Crippen molar-refractivity contribution in [2.45, 2.75) is 58.0 Å². The van der Waals surface area contributed by atoms with E-state index in [1.54, 1.807) is 0 Å². The molecule has 0 amide bonds. The first-order chi connectivity index (χ1) is 9.98. The molecule has 7 heteroatoms. The SMILES string of the molecule is COC(=O)[C@@H]1CC(C)(C)c2c(Cl)nc(NC(C)(C)C)c(=O)n21. The summed E-state index contributed by atoms with van der Waals surface area (Å²) in [4.78, 5) is 29.1. The van der Waals surface area contributed by atoms with Crippen LogP contribution >= 0.6 is 11.6 Å². The lowest BCUT2D eigenvalue weighted by molar-refractivity contribution is -0.144. The monoisotopic (exact) mass is 327 g/mol. The lowest BCUT2D eigenvalue weighted by Gasteiger charge is -2.23. The highest BCUT2D eigenvalue weighted by molar-refractivity contribution is 6.30. The van der Waals surface area contributed by atoms with Crippen molar-refractivity contribution >= 4 is 23.4 Å². The van der Waals surface area contributed by atoms with Crippen LogP contribution in [0.1, 0.15) is 52.8 Å². The minimum atomic E-state index is -0.677. The second-order valence-electron chi connectivity index (χ2n) is 7.28. The Morgan fingerprint density at radius 1 is 1.45 bits per heavy atom. The maximum Gasteiger partial charge on any atom is 0.329 e. The Hall–Kier alpha value is -1.56. The molecule has 1 aromatic heterocycles. The Kier molecular flexibility index (Phi) is 4.02. The van der Waals surface area contributed by atoms with Crippen LogP contribution in [0, 0.1) is 0 Å². The summed E-state index contributed by atoms with van der Waals surface area (Å²) in [5, 5.41) is 3.28. The lowest BCUT2D eigenvalue weighted by Crippen LogP contribution is -2.36. The van der Waals surface area contributed by atoms with Gasteiger partial charge in [0, 0.05) is 11.0 Å². The van der Waals surface area contributed by atoms with Crippen LogP contribution < -0.4 is 10.9 Å². The van der Waals surface area contributed by atoms with E-state index in [-0.39, 0.29) is 22.1 Å². The molecule has 1 aromatic rings.